The van der Waals surface area contributed by atoms with Crippen LogP contribution in [-0.2, 0) is 9.59 Å². The molecule has 0 aliphatic carbocycles. The lowest BCUT2D eigenvalue weighted by atomic mass is 10.1. The largest absolute Gasteiger partial charge is 0.508 e. The van der Waals surface area contributed by atoms with E-state index in [-0.39, 0.29) is 17.0 Å². The van der Waals surface area contributed by atoms with Crippen LogP contribution in [-0.4, -0.2) is 29.0 Å². The SMILES string of the molecule is Cc1ccc(NC(=O)c2ccccc2NC(=O)C(=O)N/N=C/c2ccc(O)cc2)cc1. The third-order valence-corrected chi connectivity index (χ3v) is 4.21. The molecule has 0 aliphatic rings. The maximum Gasteiger partial charge on any atom is 0.329 e. The molecular formula is C23H20N4O4. The summed E-state index contributed by atoms with van der Waals surface area (Å²) in [5.74, 6) is -2.29. The average molecular weight is 416 g/mol. The molecular weight excluding hydrogens is 396 g/mol. The van der Waals surface area contributed by atoms with Crippen LogP contribution in [0.4, 0.5) is 11.4 Å². The molecule has 0 aliphatic heterocycles. The number of benzene rings is 3. The number of amides is 3. The van der Waals surface area contributed by atoms with Gasteiger partial charge < -0.3 is 15.7 Å². The number of hydrazone groups is 1. The molecule has 3 rings (SSSR count). The number of anilines is 2. The minimum atomic E-state index is -0.997. The molecule has 0 heterocycles. The fourth-order valence-electron chi connectivity index (χ4n) is 2.58. The second-order valence-electron chi connectivity index (χ2n) is 6.61. The lowest BCUT2D eigenvalue weighted by Crippen LogP contribution is -2.33. The zero-order valence-corrected chi connectivity index (χ0v) is 16.6. The summed E-state index contributed by atoms with van der Waals surface area (Å²) in [7, 11) is 0. The van der Waals surface area contributed by atoms with E-state index in [0.29, 0.717) is 11.3 Å². The van der Waals surface area contributed by atoms with Crippen LogP contribution in [0, 0.1) is 6.92 Å². The van der Waals surface area contributed by atoms with Gasteiger partial charge in [-0.1, -0.05) is 29.8 Å². The monoisotopic (exact) mass is 416 g/mol. The maximum atomic E-state index is 12.6. The van der Waals surface area contributed by atoms with Gasteiger partial charge >= 0.3 is 11.8 Å². The minimum absolute atomic E-state index is 0.102. The Balaban J connectivity index is 1.63. The van der Waals surface area contributed by atoms with Gasteiger partial charge in [0.2, 0.25) is 0 Å². The Morgan fingerprint density at radius 1 is 0.839 bits per heavy atom. The van der Waals surface area contributed by atoms with Crippen LogP contribution in [0.5, 0.6) is 5.75 Å². The summed E-state index contributed by atoms with van der Waals surface area (Å²) in [6, 6.07) is 19.8. The predicted octanol–water partition coefficient (Wildman–Crippen LogP) is 3.04. The number of rotatable bonds is 5. The molecule has 0 bridgehead atoms. The molecule has 0 saturated heterocycles. The van der Waals surface area contributed by atoms with Crippen molar-refractivity contribution in [2.24, 2.45) is 5.10 Å². The van der Waals surface area contributed by atoms with Gasteiger partial charge in [0.1, 0.15) is 5.75 Å². The van der Waals surface area contributed by atoms with Crippen molar-refractivity contribution in [3.05, 3.63) is 89.5 Å². The zero-order chi connectivity index (χ0) is 22.2. The highest BCUT2D eigenvalue weighted by Crippen LogP contribution is 2.18. The van der Waals surface area contributed by atoms with Crippen LogP contribution in [0.25, 0.3) is 0 Å². The van der Waals surface area contributed by atoms with E-state index in [1.54, 1.807) is 42.5 Å². The highest BCUT2D eigenvalue weighted by molar-refractivity contribution is 6.40. The van der Waals surface area contributed by atoms with Crippen molar-refractivity contribution >= 4 is 35.3 Å². The number of hydrogen-bond donors (Lipinski definition) is 4. The normalized spacial score (nSPS) is 10.5. The van der Waals surface area contributed by atoms with Crippen LogP contribution in [0.15, 0.2) is 77.9 Å². The number of phenols is 1. The van der Waals surface area contributed by atoms with Crippen LogP contribution >= 0.6 is 0 Å². The average Bonchev–Trinajstić information content (AvgIpc) is 2.77. The van der Waals surface area contributed by atoms with Crippen LogP contribution < -0.4 is 16.1 Å². The van der Waals surface area contributed by atoms with Gasteiger partial charge in [0, 0.05) is 5.69 Å². The summed E-state index contributed by atoms with van der Waals surface area (Å²) in [5.41, 5.74) is 4.80. The Morgan fingerprint density at radius 2 is 1.52 bits per heavy atom. The van der Waals surface area contributed by atoms with E-state index in [1.807, 2.05) is 19.1 Å². The smallest absolute Gasteiger partial charge is 0.329 e. The van der Waals surface area contributed by atoms with Crippen LogP contribution in [0.2, 0.25) is 0 Å². The quantitative estimate of drug-likeness (QED) is 0.290. The molecule has 0 fully saturated rings. The number of aryl methyl sites for hydroxylation is 1. The molecule has 156 valence electrons. The molecule has 4 N–H and O–H groups in total. The molecule has 0 unspecified atom stereocenters. The van der Waals surface area contributed by atoms with Crippen molar-refractivity contribution in [2.45, 2.75) is 6.92 Å². The first-order valence-electron chi connectivity index (χ1n) is 9.33. The number of para-hydroxylation sites is 1. The van der Waals surface area contributed by atoms with Gasteiger partial charge in [-0.15, -0.1) is 0 Å². The summed E-state index contributed by atoms with van der Waals surface area (Å²) < 4.78 is 0. The molecule has 0 aromatic heterocycles. The molecule has 0 spiro atoms. The second-order valence-corrected chi connectivity index (χ2v) is 6.61. The van der Waals surface area contributed by atoms with Gasteiger partial charge in [-0.3, -0.25) is 14.4 Å². The molecule has 0 saturated carbocycles. The molecule has 8 nitrogen and oxygen atoms in total. The number of aromatic hydroxyl groups is 1. The minimum Gasteiger partial charge on any atom is -0.508 e. The van der Waals surface area contributed by atoms with Gasteiger partial charge in [0.05, 0.1) is 17.5 Å². The molecule has 3 aromatic rings. The van der Waals surface area contributed by atoms with E-state index in [1.165, 1.54) is 24.4 Å². The van der Waals surface area contributed by atoms with E-state index in [9.17, 15) is 19.5 Å². The number of phenolic OH excluding ortho intramolecular Hbond substituents is 1. The highest BCUT2D eigenvalue weighted by atomic mass is 16.3. The summed E-state index contributed by atoms with van der Waals surface area (Å²) in [4.78, 5) is 36.8. The fourth-order valence-corrected chi connectivity index (χ4v) is 2.58. The van der Waals surface area contributed by atoms with Gasteiger partial charge in [-0.25, -0.2) is 5.43 Å². The molecule has 0 atom stereocenters. The van der Waals surface area contributed by atoms with Gasteiger partial charge in [0.15, 0.2) is 0 Å². The Labute approximate surface area is 178 Å². The Morgan fingerprint density at radius 3 is 2.23 bits per heavy atom. The molecule has 3 amide bonds. The van der Waals surface area contributed by atoms with Gasteiger partial charge in [-0.05, 0) is 61.0 Å². The van der Waals surface area contributed by atoms with Crippen molar-refractivity contribution in [1.29, 1.82) is 0 Å². The number of carbonyl (C=O) groups is 3. The third-order valence-electron chi connectivity index (χ3n) is 4.21. The summed E-state index contributed by atoms with van der Waals surface area (Å²) in [5, 5.41) is 18.1. The van der Waals surface area contributed by atoms with Crippen LogP contribution in [0.1, 0.15) is 21.5 Å². The van der Waals surface area contributed by atoms with E-state index in [2.05, 4.69) is 21.2 Å². The number of carbonyl (C=O) groups excluding carboxylic acids is 3. The molecule has 3 aromatic carbocycles. The van der Waals surface area contributed by atoms with E-state index in [4.69, 9.17) is 0 Å². The number of hydrogen-bond acceptors (Lipinski definition) is 5. The fraction of sp³-hybridized carbons (Fsp3) is 0.0435. The second kappa shape index (κ2) is 9.84. The third kappa shape index (κ3) is 6.01. The first-order chi connectivity index (χ1) is 14.9. The number of nitrogens with zero attached hydrogens (tertiary/aromatic N) is 1. The first-order valence-corrected chi connectivity index (χ1v) is 9.33. The standard InChI is InChI=1S/C23H20N4O4/c1-15-6-10-17(11-7-15)25-21(29)19-4-2-3-5-20(19)26-22(30)23(31)27-24-14-16-8-12-18(28)13-9-16/h2-14,28H,1H3,(H,25,29)(H,26,30)(H,27,31)/b24-14+. The summed E-state index contributed by atoms with van der Waals surface area (Å²) in [6.45, 7) is 1.94. The van der Waals surface area contributed by atoms with Crippen molar-refractivity contribution in [3.63, 3.8) is 0 Å². The summed E-state index contributed by atoms with van der Waals surface area (Å²) >= 11 is 0. The summed E-state index contributed by atoms with van der Waals surface area (Å²) in [6.07, 6.45) is 1.33. The van der Waals surface area contributed by atoms with Crippen molar-refractivity contribution in [1.82, 2.24) is 5.43 Å². The Hall–Kier alpha value is -4.46. The van der Waals surface area contributed by atoms with E-state index >= 15 is 0 Å². The molecule has 31 heavy (non-hydrogen) atoms. The Kier molecular flexibility index (Phi) is 6.74. The van der Waals surface area contributed by atoms with E-state index in [0.717, 1.165) is 5.56 Å². The molecule has 0 radical (unpaired) electrons. The lowest BCUT2D eigenvalue weighted by molar-refractivity contribution is -0.136. The highest BCUT2D eigenvalue weighted by Gasteiger charge is 2.17. The Bertz CT molecular complexity index is 1120. The lowest BCUT2D eigenvalue weighted by Gasteiger charge is -2.11. The van der Waals surface area contributed by atoms with E-state index < -0.39 is 17.7 Å². The van der Waals surface area contributed by atoms with Gasteiger partial charge in [-0.2, -0.15) is 5.10 Å². The first kappa shape index (κ1) is 21.3. The molecule has 8 heteroatoms. The predicted molar refractivity (Wildman–Crippen MR) is 118 cm³/mol. The van der Waals surface area contributed by atoms with Crippen LogP contribution in [0.3, 0.4) is 0 Å². The van der Waals surface area contributed by atoms with Crippen molar-refractivity contribution < 1.29 is 19.5 Å². The maximum absolute atomic E-state index is 12.6. The topological polar surface area (TPSA) is 120 Å². The van der Waals surface area contributed by atoms with Gasteiger partial charge in [0.25, 0.3) is 5.91 Å². The number of nitrogens with one attached hydrogen (secondary N) is 3. The van der Waals surface area contributed by atoms with Crippen molar-refractivity contribution in [2.75, 3.05) is 10.6 Å². The zero-order valence-electron chi connectivity index (χ0n) is 16.6. The van der Waals surface area contributed by atoms with Crippen molar-refractivity contribution in [3.8, 4) is 5.75 Å².